The molecule has 2 unspecified atom stereocenters. The number of halogens is 4. The normalized spacial score (nSPS) is 13.7. The van der Waals surface area contributed by atoms with Gasteiger partial charge in [-0.15, -0.1) is 0 Å². The summed E-state index contributed by atoms with van der Waals surface area (Å²) in [6.45, 7) is 2.82. The number of hydrogen-bond donors (Lipinski definition) is 2. The van der Waals surface area contributed by atoms with Gasteiger partial charge in [-0.2, -0.15) is 5.10 Å². The van der Waals surface area contributed by atoms with E-state index in [1.807, 2.05) is 0 Å². The molecule has 13 heteroatoms. The molecule has 3 aromatic heterocycles. The van der Waals surface area contributed by atoms with Gasteiger partial charge in [-0.3, -0.25) is 18.7 Å². The number of aromatic nitrogens is 4. The summed E-state index contributed by atoms with van der Waals surface area (Å²) in [5.41, 5.74) is -1.56. The van der Waals surface area contributed by atoms with Crippen molar-refractivity contribution in [3.8, 4) is 0 Å². The van der Waals surface area contributed by atoms with E-state index >= 15 is 0 Å². The van der Waals surface area contributed by atoms with Gasteiger partial charge in [0.05, 0.1) is 0 Å². The third-order valence-corrected chi connectivity index (χ3v) is 5.39. The summed E-state index contributed by atoms with van der Waals surface area (Å²) in [6, 6.07) is -0.126. The maximum Gasteiger partial charge on any atom is 0.282 e. The number of fused-ring (bicyclic) bond motifs is 1. The highest BCUT2D eigenvalue weighted by Gasteiger charge is 2.23. The minimum absolute atomic E-state index is 0.279. The second-order valence-electron chi connectivity index (χ2n) is 7.04. The molecule has 3 heterocycles. The zero-order valence-corrected chi connectivity index (χ0v) is 17.4. The Morgan fingerprint density at radius 1 is 1.13 bits per heavy atom. The van der Waals surface area contributed by atoms with E-state index in [2.05, 4.69) is 20.7 Å². The summed E-state index contributed by atoms with van der Waals surface area (Å²) in [5, 5.41) is 8.81. The van der Waals surface area contributed by atoms with Gasteiger partial charge in [-0.1, -0.05) is 11.3 Å². The summed E-state index contributed by atoms with van der Waals surface area (Å²) >= 11 is 1.24. The van der Waals surface area contributed by atoms with Gasteiger partial charge in [0.15, 0.2) is 4.96 Å². The topological polar surface area (TPSA) is 93.3 Å². The molecule has 2 amide bonds. The molecular formula is C18H20F4N6O2S. The zero-order valence-electron chi connectivity index (χ0n) is 16.6. The highest BCUT2D eigenvalue weighted by atomic mass is 32.1. The van der Waals surface area contributed by atoms with Crippen LogP contribution < -0.4 is 10.6 Å². The van der Waals surface area contributed by atoms with Gasteiger partial charge in [-0.05, 0) is 26.3 Å². The number of amides is 2. The van der Waals surface area contributed by atoms with Crippen LogP contribution in [-0.4, -0.2) is 43.1 Å². The SMILES string of the molecule is CC(CC(C)NC(=O)c1cn2ccnc2s1)NC(=O)Cn1nc(C(F)F)cc1C(F)F. The number of imidazole rings is 1. The Hall–Kier alpha value is -2.96. The van der Waals surface area contributed by atoms with E-state index in [1.165, 1.54) is 11.3 Å². The Labute approximate surface area is 178 Å². The highest BCUT2D eigenvalue weighted by Crippen LogP contribution is 2.25. The fourth-order valence-electron chi connectivity index (χ4n) is 3.09. The number of carbonyl (C=O) groups excluding carboxylic acids is 2. The highest BCUT2D eigenvalue weighted by molar-refractivity contribution is 7.18. The standard InChI is InChI=1S/C18H20F4N6O2S/c1-9(5-10(2)25-17(30)13-7-27-4-3-23-18(27)31-13)24-14(29)8-28-12(16(21)22)6-11(26-28)15(19)20/h3-4,6-7,9-10,15-16H,5,8H2,1-2H3,(H,24,29)(H,25,30). The van der Waals surface area contributed by atoms with Crippen LogP contribution in [0.5, 0.6) is 0 Å². The molecule has 3 rings (SSSR count). The molecule has 0 spiro atoms. The van der Waals surface area contributed by atoms with Crippen molar-refractivity contribution in [2.75, 3.05) is 0 Å². The maximum absolute atomic E-state index is 13.0. The first kappa shape index (κ1) is 22.7. The number of rotatable bonds is 9. The van der Waals surface area contributed by atoms with Crippen molar-refractivity contribution in [1.29, 1.82) is 0 Å². The van der Waals surface area contributed by atoms with E-state index in [9.17, 15) is 27.2 Å². The van der Waals surface area contributed by atoms with E-state index in [1.54, 1.807) is 36.8 Å². The van der Waals surface area contributed by atoms with Crippen LogP contribution in [0.2, 0.25) is 0 Å². The summed E-state index contributed by atoms with van der Waals surface area (Å²) in [6.07, 6.45) is -0.671. The minimum Gasteiger partial charge on any atom is -0.352 e. The van der Waals surface area contributed by atoms with Crippen molar-refractivity contribution in [2.45, 2.75) is 51.7 Å². The number of nitrogens with zero attached hydrogens (tertiary/aromatic N) is 4. The van der Waals surface area contributed by atoms with Crippen LogP contribution >= 0.6 is 11.3 Å². The Kier molecular flexibility index (Phi) is 6.93. The fourth-order valence-corrected chi connectivity index (χ4v) is 3.94. The van der Waals surface area contributed by atoms with Gasteiger partial charge >= 0.3 is 0 Å². The molecule has 3 aromatic rings. The quantitative estimate of drug-likeness (QED) is 0.480. The molecule has 0 bridgehead atoms. The predicted octanol–water partition coefficient (Wildman–Crippen LogP) is 3.18. The lowest BCUT2D eigenvalue weighted by Gasteiger charge is -2.19. The lowest BCUT2D eigenvalue weighted by Crippen LogP contribution is -2.41. The molecule has 0 radical (unpaired) electrons. The van der Waals surface area contributed by atoms with Crippen LogP contribution in [0.25, 0.3) is 4.96 Å². The Bertz CT molecular complexity index is 1030. The van der Waals surface area contributed by atoms with Crippen molar-refractivity contribution in [3.63, 3.8) is 0 Å². The summed E-state index contributed by atoms with van der Waals surface area (Å²) in [7, 11) is 0. The van der Waals surface area contributed by atoms with Crippen LogP contribution in [0.1, 0.15) is 54.2 Å². The van der Waals surface area contributed by atoms with Crippen molar-refractivity contribution in [2.24, 2.45) is 0 Å². The van der Waals surface area contributed by atoms with E-state index in [-0.39, 0.29) is 11.9 Å². The lowest BCUT2D eigenvalue weighted by molar-refractivity contribution is -0.122. The molecular weight excluding hydrogens is 440 g/mol. The summed E-state index contributed by atoms with van der Waals surface area (Å²) in [4.78, 5) is 29.8. The Morgan fingerprint density at radius 3 is 2.48 bits per heavy atom. The van der Waals surface area contributed by atoms with Gasteiger partial charge in [0.25, 0.3) is 18.8 Å². The number of carbonyl (C=O) groups is 2. The molecule has 168 valence electrons. The lowest BCUT2D eigenvalue weighted by atomic mass is 10.1. The minimum atomic E-state index is -3.04. The smallest absolute Gasteiger partial charge is 0.282 e. The van der Waals surface area contributed by atoms with Crippen LogP contribution in [-0.2, 0) is 11.3 Å². The van der Waals surface area contributed by atoms with E-state index in [0.717, 1.165) is 0 Å². The molecule has 0 aliphatic carbocycles. The Balaban J connectivity index is 1.51. The molecule has 0 aliphatic heterocycles. The van der Waals surface area contributed by atoms with Crippen LogP contribution in [0.4, 0.5) is 17.6 Å². The summed E-state index contributed by atoms with van der Waals surface area (Å²) < 4.78 is 53.8. The first-order valence-electron chi connectivity index (χ1n) is 9.30. The van der Waals surface area contributed by atoms with E-state index < -0.39 is 42.7 Å². The predicted molar refractivity (Wildman–Crippen MR) is 104 cm³/mol. The summed E-state index contributed by atoms with van der Waals surface area (Å²) in [5.74, 6) is -0.935. The first-order chi connectivity index (χ1) is 14.6. The second kappa shape index (κ2) is 9.45. The third kappa shape index (κ3) is 5.60. The number of hydrogen-bond acceptors (Lipinski definition) is 5. The van der Waals surface area contributed by atoms with E-state index in [0.29, 0.717) is 27.0 Å². The van der Waals surface area contributed by atoms with Crippen molar-refractivity contribution in [1.82, 2.24) is 29.8 Å². The maximum atomic E-state index is 13.0. The second-order valence-corrected chi connectivity index (χ2v) is 8.05. The van der Waals surface area contributed by atoms with Crippen molar-refractivity contribution in [3.05, 3.63) is 40.9 Å². The molecule has 8 nitrogen and oxygen atoms in total. The van der Waals surface area contributed by atoms with Crippen LogP contribution in [0.15, 0.2) is 24.7 Å². The van der Waals surface area contributed by atoms with Crippen LogP contribution in [0, 0.1) is 0 Å². The van der Waals surface area contributed by atoms with Gasteiger partial charge in [0.1, 0.15) is 22.8 Å². The molecule has 0 aromatic carbocycles. The van der Waals surface area contributed by atoms with Gasteiger partial charge < -0.3 is 10.6 Å². The molecule has 0 fully saturated rings. The van der Waals surface area contributed by atoms with Gasteiger partial charge in [-0.25, -0.2) is 22.5 Å². The number of thiazole rings is 1. The van der Waals surface area contributed by atoms with Crippen LogP contribution in [0.3, 0.4) is 0 Å². The van der Waals surface area contributed by atoms with Gasteiger partial charge in [0.2, 0.25) is 5.91 Å². The average molecular weight is 460 g/mol. The molecule has 0 saturated carbocycles. The van der Waals surface area contributed by atoms with Crippen molar-refractivity contribution < 1.29 is 27.2 Å². The number of nitrogens with one attached hydrogen (secondary N) is 2. The monoisotopic (exact) mass is 460 g/mol. The average Bonchev–Trinajstić information content (AvgIpc) is 3.35. The zero-order chi connectivity index (χ0) is 22.7. The van der Waals surface area contributed by atoms with Gasteiger partial charge in [0, 0.05) is 30.7 Å². The first-order valence-corrected chi connectivity index (χ1v) is 10.1. The Morgan fingerprint density at radius 2 is 1.84 bits per heavy atom. The fraction of sp³-hybridized carbons (Fsp3) is 0.444. The largest absolute Gasteiger partial charge is 0.352 e. The molecule has 31 heavy (non-hydrogen) atoms. The van der Waals surface area contributed by atoms with Crippen molar-refractivity contribution >= 4 is 28.1 Å². The molecule has 2 atom stereocenters. The molecule has 0 aliphatic rings. The third-order valence-electron chi connectivity index (χ3n) is 4.38. The van der Waals surface area contributed by atoms with E-state index in [4.69, 9.17) is 0 Å². The molecule has 0 saturated heterocycles. The number of alkyl halides is 4. The molecule has 2 N–H and O–H groups in total.